The Kier molecular flexibility index (Phi) is 6.23. The van der Waals surface area contributed by atoms with Crippen LogP contribution in [-0.4, -0.2) is 47.9 Å². The van der Waals surface area contributed by atoms with Gasteiger partial charge >= 0.3 is 6.03 Å². The molecule has 5 nitrogen and oxygen atoms in total. The van der Waals surface area contributed by atoms with Crippen molar-refractivity contribution in [2.45, 2.75) is 45.4 Å². The van der Waals surface area contributed by atoms with E-state index in [-0.39, 0.29) is 18.1 Å². The Morgan fingerprint density at radius 2 is 2.32 bits per heavy atom. The molecule has 0 aromatic carbocycles. The summed E-state index contributed by atoms with van der Waals surface area (Å²) in [6.07, 6.45) is -0.0474. The number of urea groups is 1. The molecule has 124 valence electrons. The first-order chi connectivity index (χ1) is 10.5. The molecule has 6 heteroatoms. The number of carbonyl (C=O) groups excluding carboxylic acids is 1. The highest BCUT2D eigenvalue weighted by molar-refractivity contribution is 7.10. The van der Waals surface area contributed by atoms with Crippen molar-refractivity contribution in [1.29, 1.82) is 0 Å². The van der Waals surface area contributed by atoms with Crippen LogP contribution in [0.2, 0.25) is 0 Å². The zero-order valence-electron chi connectivity index (χ0n) is 13.5. The van der Waals surface area contributed by atoms with Crippen LogP contribution in [0.15, 0.2) is 17.5 Å². The van der Waals surface area contributed by atoms with Crippen molar-refractivity contribution < 1.29 is 14.6 Å². The number of hydrogen-bond donors (Lipinski definition) is 2. The van der Waals surface area contributed by atoms with Crippen LogP contribution in [0.4, 0.5) is 4.79 Å². The van der Waals surface area contributed by atoms with Crippen LogP contribution in [0, 0.1) is 5.92 Å². The molecule has 3 unspecified atom stereocenters. The molecule has 22 heavy (non-hydrogen) atoms. The van der Waals surface area contributed by atoms with E-state index in [1.165, 1.54) is 11.3 Å². The molecule has 1 aliphatic rings. The fourth-order valence-corrected chi connectivity index (χ4v) is 3.14. The van der Waals surface area contributed by atoms with Gasteiger partial charge in [0.2, 0.25) is 0 Å². The van der Waals surface area contributed by atoms with Gasteiger partial charge in [-0.15, -0.1) is 11.3 Å². The van der Waals surface area contributed by atoms with E-state index in [1.54, 1.807) is 4.90 Å². The molecule has 1 aromatic heterocycles. The highest BCUT2D eigenvalue weighted by Gasteiger charge is 2.30. The monoisotopic (exact) mass is 326 g/mol. The van der Waals surface area contributed by atoms with E-state index in [0.29, 0.717) is 32.1 Å². The Morgan fingerprint density at radius 1 is 1.55 bits per heavy atom. The van der Waals surface area contributed by atoms with Crippen LogP contribution >= 0.6 is 11.3 Å². The molecule has 1 saturated heterocycles. The molecule has 1 aromatic rings. The number of ether oxygens (including phenoxy) is 1. The average molecular weight is 326 g/mol. The van der Waals surface area contributed by atoms with E-state index in [9.17, 15) is 9.90 Å². The Labute approximate surface area is 136 Å². The smallest absolute Gasteiger partial charge is 0.318 e. The second kappa shape index (κ2) is 7.94. The predicted molar refractivity (Wildman–Crippen MR) is 88.0 cm³/mol. The van der Waals surface area contributed by atoms with Gasteiger partial charge in [0, 0.05) is 23.9 Å². The fraction of sp³-hybridized carbons (Fsp3) is 0.688. The number of amides is 2. The topological polar surface area (TPSA) is 61.8 Å². The first-order valence-corrected chi connectivity index (χ1v) is 8.73. The van der Waals surface area contributed by atoms with Gasteiger partial charge in [-0.3, -0.25) is 0 Å². The number of nitrogens with one attached hydrogen (secondary N) is 1. The molecule has 2 amide bonds. The summed E-state index contributed by atoms with van der Waals surface area (Å²) in [6, 6.07) is 3.82. The largest absolute Gasteiger partial charge is 0.387 e. The maximum absolute atomic E-state index is 12.5. The highest BCUT2D eigenvalue weighted by atomic mass is 32.1. The SMILES string of the molecule is CC(C)C(C)NC(=O)N1CCOCC1CC(O)c1cccs1. The molecule has 2 rings (SSSR count). The molecular weight excluding hydrogens is 300 g/mol. The normalized spacial score (nSPS) is 21.7. The molecule has 0 bridgehead atoms. The van der Waals surface area contributed by atoms with Crippen LogP contribution in [0.3, 0.4) is 0 Å². The van der Waals surface area contributed by atoms with Crippen molar-refractivity contribution in [3.63, 3.8) is 0 Å². The number of nitrogens with zero attached hydrogens (tertiary/aromatic N) is 1. The lowest BCUT2D eigenvalue weighted by Gasteiger charge is -2.37. The van der Waals surface area contributed by atoms with Gasteiger partial charge < -0.3 is 20.1 Å². The van der Waals surface area contributed by atoms with Crippen molar-refractivity contribution in [2.75, 3.05) is 19.8 Å². The van der Waals surface area contributed by atoms with E-state index >= 15 is 0 Å². The summed E-state index contributed by atoms with van der Waals surface area (Å²) in [6.45, 7) is 7.78. The van der Waals surface area contributed by atoms with Crippen LogP contribution in [-0.2, 0) is 4.74 Å². The number of morpholine rings is 1. The van der Waals surface area contributed by atoms with Crippen LogP contribution < -0.4 is 5.32 Å². The van der Waals surface area contributed by atoms with Crippen molar-refractivity contribution in [2.24, 2.45) is 5.92 Å². The number of aliphatic hydroxyl groups excluding tert-OH is 1. The molecule has 0 radical (unpaired) electrons. The van der Waals surface area contributed by atoms with Gasteiger partial charge in [-0.1, -0.05) is 19.9 Å². The molecular formula is C16H26N2O3S. The van der Waals surface area contributed by atoms with E-state index in [2.05, 4.69) is 19.2 Å². The minimum Gasteiger partial charge on any atom is -0.387 e. The van der Waals surface area contributed by atoms with Crippen molar-refractivity contribution >= 4 is 17.4 Å². The van der Waals surface area contributed by atoms with Gasteiger partial charge in [-0.25, -0.2) is 4.79 Å². The molecule has 3 atom stereocenters. The van der Waals surface area contributed by atoms with Gasteiger partial charge in [-0.2, -0.15) is 0 Å². The standard InChI is InChI=1S/C16H26N2O3S/c1-11(2)12(3)17-16(20)18-6-7-21-10-13(18)9-14(19)15-5-4-8-22-15/h4-5,8,11-14,19H,6-7,9-10H2,1-3H3,(H,17,20). The fourth-order valence-electron chi connectivity index (χ4n) is 2.42. The van der Waals surface area contributed by atoms with E-state index in [4.69, 9.17) is 4.74 Å². The number of rotatable bonds is 5. The molecule has 1 aliphatic heterocycles. The molecule has 0 spiro atoms. The summed E-state index contributed by atoms with van der Waals surface area (Å²) in [7, 11) is 0. The minimum atomic E-state index is -0.551. The zero-order valence-corrected chi connectivity index (χ0v) is 14.3. The third kappa shape index (κ3) is 4.44. The minimum absolute atomic E-state index is 0.0621. The first-order valence-electron chi connectivity index (χ1n) is 7.85. The summed E-state index contributed by atoms with van der Waals surface area (Å²) < 4.78 is 5.50. The Bertz CT molecular complexity index is 464. The molecule has 2 N–H and O–H groups in total. The Hall–Kier alpha value is -1.11. The summed E-state index contributed by atoms with van der Waals surface area (Å²) in [5, 5.41) is 15.3. The third-order valence-electron chi connectivity index (χ3n) is 4.21. The zero-order chi connectivity index (χ0) is 16.1. The van der Waals surface area contributed by atoms with Gasteiger partial charge in [-0.05, 0) is 24.3 Å². The summed E-state index contributed by atoms with van der Waals surface area (Å²) in [5.74, 6) is 0.389. The number of hydrogen-bond acceptors (Lipinski definition) is 4. The first kappa shape index (κ1) is 17.2. The molecule has 0 saturated carbocycles. The Balaban J connectivity index is 1.97. The summed E-state index contributed by atoms with van der Waals surface area (Å²) >= 11 is 1.53. The van der Waals surface area contributed by atoms with E-state index < -0.39 is 6.10 Å². The van der Waals surface area contributed by atoms with Gasteiger partial charge in [0.15, 0.2) is 0 Å². The highest BCUT2D eigenvalue weighted by Crippen LogP contribution is 2.26. The second-order valence-electron chi connectivity index (χ2n) is 6.17. The van der Waals surface area contributed by atoms with Gasteiger partial charge in [0.05, 0.1) is 25.4 Å². The van der Waals surface area contributed by atoms with Crippen molar-refractivity contribution in [1.82, 2.24) is 10.2 Å². The van der Waals surface area contributed by atoms with E-state index in [1.807, 2.05) is 24.4 Å². The average Bonchev–Trinajstić information content (AvgIpc) is 3.01. The molecule has 0 aliphatic carbocycles. The molecule has 1 fully saturated rings. The second-order valence-corrected chi connectivity index (χ2v) is 7.15. The Morgan fingerprint density at radius 3 is 2.95 bits per heavy atom. The van der Waals surface area contributed by atoms with Crippen LogP contribution in [0.25, 0.3) is 0 Å². The lowest BCUT2D eigenvalue weighted by molar-refractivity contribution is -0.00712. The molecule has 2 heterocycles. The van der Waals surface area contributed by atoms with Crippen LogP contribution in [0.5, 0.6) is 0 Å². The number of thiophene rings is 1. The summed E-state index contributed by atoms with van der Waals surface area (Å²) in [5.41, 5.74) is 0. The van der Waals surface area contributed by atoms with Crippen molar-refractivity contribution in [3.05, 3.63) is 22.4 Å². The quantitative estimate of drug-likeness (QED) is 0.874. The predicted octanol–water partition coefficient (Wildman–Crippen LogP) is 2.63. The van der Waals surface area contributed by atoms with Crippen LogP contribution in [0.1, 0.15) is 38.2 Å². The third-order valence-corrected chi connectivity index (χ3v) is 5.18. The maximum Gasteiger partial charge on any atom is 0.318 e. The van der Waals surface area contributed by atoms with Crippen molar-refractivity contribution in [3.8, 4) is 0 Å². The number of carbonyl (C=O) groups is 1. The summed E-state index contributed by atoms with van der Waals surface area (Å²) in [4.78, 5) is 15.2. The van der Waals surface area contributed by atoms with E-state index in [0.717, 1.165) is 4.88 Å². The lowest BCUT2D eigenvalue weighted by Crippen LogP contribution is -2.54. The van der Waals surface area contributed by atoms with Gasteiger partial charge in [0.1, 0.15) is 0 Å². The maximum atomic E-state index is 12.5. The van der Waals surface area contributed by atoms with Gasteiger partial charge in [0.25, 0.3) is 0 Å². The number of aliphatic hydroxyl groups is 1. The lowest BCUT2D eigenvalue weighted by atomic mass is 10.1.